The second kappa shape index (κ2) is 9.54. The van der Waals surface area contributed by atoms with Gasteiger partial charge in [-0.05, 0) is 61.7 Å². The maximum absolute atomic E-state index is 13.1. The molecule has 28 heavy (non-hydrogen) atoms. The maximum atomic E-state index is 13.1. The van der Waals surface area contributed by atoms with Gasteiger partial charge in [-0.3, -0.25) is 9.10 Å². The lowest BCUT2D eigenvalue weighted by atomic mass is 10.1. The topological polar surface area (TPSA) is 75.7 Å². The van der Waals surface area contributed by atoms with E-state index in [-0.39, 0.29) is 5.69 Å². The number of anilines is 1. The summed E-state index contributed by atoms with van der Waals surface area (Å²) >= 11 is 0. The first-order valence-corrected chi connectivity index (χ1v) is 10.7. The van der Waals surface area contributed by atoms with E-state index in [1.807, 2.05) is 24.3 Å². The van der Waals surface area contributed by atoms with Crippen molar-refractivity contribution < 1.29 is 22.3 Å². The van der Waals surface area contributed by atoms with Crippen LogP contribution >= 0.6 is 0 Å². The second-order valence-corrected chi connectivity index (χ2v) is 8.31. The van der Waals surface area contributed by atoms with Crippen molar-refractivity contribution in [3.8, 4) is 5.75 Å². The lowest BCUT2D eigenvalue weighted by Gasteiger charge is -2.28. The molecule has 2 aromatic carbocycles. The minimum Gasteiger partial charge on any atom is -0.497 e. The van der Waals surface area contributed by atoms with E-state index < -0.39 is 27.8 Å². The predicted octanol–water partition coefficient (Wildman–Crippen LogP) is 2.74. The Morgan fingerprint density at radius 3 is 2.29 bits per heavy atom. The molecule has 0 saturated carbocycles. The first kappa shape index (κ1) is 21.7. The largest absolute Gasteiger partial charge is 0.497 e. The van der Waals surface area contributed by atoms with Gasteiger partial charge in [0.05, 0.1) is 19.1 Å². The van der Waals surface area contributed by atoms with E-state index in [0.29, 0.717) is 13.0 Å². The number of sulfonamides is 1. The third-order valence-electron chi connectivity index (χ3n) is 4.27. The van der Waals surface area contributed by atoms with Crippen molar-refractivity contribution in [2.24, 2.45) is 0 Å². The second-order valence-electron chi connectivity index (χ2n) is 6.45. The molecule has 6 nitrogen and oxygen atoms in total. The van der Waals surface area contributed by atoms with Crippen LogP contribution in [0.15, 0.2) is 48.5 Å². The minimum atomic E-state index is -3.72. The minimum absolute atomic E-state index is 0.241. The van der Waals surface area contributed by atoms with Crippen LogP contribution in [0.5, 0.6) is 5.75 Å². The summed E-state index contributed by atoms with van der Waals surface area (Å²) < 4.78 is 43.6. The zero-order valence-corrected chi connectivity index (χ0v) is 17.0. The summed E-state index contributed by atoms with van der Waals surface area (Å²) in [5.74, 6) is -0.107. The van der Waals surface area contributed by atoms with Gasteiger partial charge < -0.3 is 10.1 Å². The molecule has 152 valence electrons. The lowest BCUT2D eigenvalue weighted by molar-refractivity contribution is -0.121. The van der Waals surface area contributed by atoms with Crippen molar-refractivity contribution in [2.75, 3.05) is 24.2 Å². The molecule has 0 radical (unpaired) electrons. The summed E-state index contributed by atoms with van der Waals surface area (Å²) in [5.41, 5.74) is 1.36. The summed E-state index contributed by atoms with van der Waals surface area (Å²) in [4.78, 5) is 12.5. The molecule has 0 unspecified atom stereocenters. The summed E-state index contributed by atoms with van der Waals surface area (Å²) in [6.07, 6.45) is 2.50. The van der Waals surface area contributed by atoms with Crippen molar-refractivity contribution in [1.29, 1.82) is 0 Å². The highest BCUT2D eigenvalue weighted by molar-refractivity contribution is 7.92. The van der Waals surface area contributed by atoms with Crippen molar-refractivity contribution >= 4 is 21.6 Å². The van der Waals surface area contributed by atoms with Crippen LogP contribution in [0.3, 0.4) is 0 Å². The fourth-order valence-electron chi connectivity index (χ4n) is 2.84. The molecule has 0 aliphatic rings. The lowest BCUT2D eigenvalue weighted by Crippen LogP contribution is -2.48. The van der Waals surface area contributed by atoms with Crippen LogP contribution in [0, 0.1) is 5.82 Å². The molecule has 1 amide bonds. The summed E-state index contributed by atoms with van der Waals surface area (Å²) in [5, 5.41) is 2.77. The smallest absolute Gasteiger partial charge is 0.243 e. The Hall–Kier alpha value is -2.61. The highest BCUT2D eigenvalue weighted by Gasteiger charge is 2.28. The number of carbonyl (C=O) groups is 1. The fraction of sp³-hybridized carbons (Fsp3) is 0.350. The van der Waals surface area contributed by atoms with Gasteiger partial charge in [-0.1, -0.05) is 12.1 Å². The predicted molar refractivity (Wildman–Crippen MR) is 108 cm³/mol. The van der Waals surface area contributed by atoms with E-state index >= 15 is 0 Å². The number of hydrogen-bond acceptors (Lipinski definition) is 4. The van der Waals surface area contributed by atoms with Crippen LogP contribution in [0.4, 0.5) is 10.1 Å². The van der Waals surface area contributed by atoms with E-state index in [0.717, 1.165) is 40.4 Å². The quantitative estimate of drug-likeness (QED) is 0.648. The Labute approximate surface area is 165 Å². The molecule has 2 aromatic rings. The molecule has 0 aliphatic heterocycles. The molecular weight excluding hydrogens is 383 g/mol. The Balaban J connectivity index is 1.94. The molecular formula is C20H25FN2O4S. The number of nitrogens with one attached hydrogen (secondary N) is 1. The number of halogens is 1. The Kier molecular flexibility index (Phi) is 7.39. The molecule has 0 aromatic heterocycles. The highest BCUT2D eigenvalue weighted by Crippen LogP contribution is 2.21. The van der Waals surface area contributed by atoms with Crippen LogP contribution in [-0.2, 0) is 21.2 Å². The zero-order chi connectivity index (χ0) is 20.7. The number of rotatable bonds is 9. The van der Waals surface area contributed by atoms with Crippen molar-refractivity contribution in [3.63, 3.8) is 0 Å². The summed E-state index contributed by atoms with van der Waals surface area (Å²) in [7, 11) is -2.11. The van der Waals surface area contributed by atoms with Crippen LogP contribution in [0.25, 0.3) is 0 Å². The summed E-state index contributed by atoms with van der Waals surface area (Å²) in [6, 6.07) is 11.7. The van der Waals surface area contributed by atoms with Gasteiger partial charge >= 0.3 is 0 Å². The van der Waals surface area contributed by atoms with Crippen LogP contribution in [0.1, 0.15) is 18.9 Å². The van der Waals surface area contributed by atoms with Crippen molar-refractivity contribution in [2.45, 2.75) is 25.8 Å². The number of aryl methyl sites for hydroxylation is 1. The van der Waals surface area contributed by atoms with Crippen LogP contribution in [0.2, 0.25) is 0 Å². The van der Waals surface area contributed by atoms with Gasteiger partial charge in [0.25, 0.3) is 0 Å². The van der Waals surface area contributed by atoms with Gasteiger partial charge in [0, 0.05) is 6.54 Å². The first-order valence-electron chi connectivity index (χ1n) is 8.88. The zero-order valence-electron chi connectivity index (χ0n) is 16.2. The number of carbonyl (C=O) groups excluding carboxylic acids is 1. The van der Waals surface area contributed by atoms with Gasteiger partial charge in [0.1, 0.15) is 17.6 Å². The average Bonchev–Trinajstić information content (AvgIpc) is 2.66. The van der Waals surface area contributed by atoms with Gasteiger partial charge in [0.15, 0.2) is 0 Å². The standard InChI is InChI=1S/C20H25FN2O4S/c1-15(23(28(3,25)26)18-10-8-17(21)9-11-18)20(24)22-14-4-5-16-6-12-19(27-2)13-7-16/h6-13,15H,4-5,14H2,1-3H3,(H,22,24)/t15-/m0/s1. The fourth-order valence-corrected chi connectivity index (χ4v) is 4.02. The average molecular weight is 408 g/mol. The summed E-state index contributed by atoms with van der Waals surface area (Å²) in [6.45, 7) is 1.92. The molecule has 1 N–H and O–H groups in total. The third kappa shape index (κ3) is 5.95. The molecule has 0 spiro atoms. The van der Waals surface area contributed by atoms with E-state index in [1.165, 1.54) is 19.1 Å². The number of methoxy groups -OCH3 is 1. The molecule has 0 heterocycles. The van der Waals surface area contributed by atoms with Gasteiger partial charge in [0.2, 0.25) is 15.9 Å². The molecule has 0 bridgehead atoms. The van der Waals surface area contributed by atoms with E-state index in [4.69, 9.17) is 4.74 Å². The normalized spacial score (nSPS) is 12.3. The van der Waals surface area contributed by atoms with Gasteiger partial charge in [-0.2, -0.15) is 0 Å². The number of nitrogens with zero attached hydrogens (tertiary/aromatic N) is 1. The van der Waals surface area contributed by atoms with Crippen molar-refractivity contribution in [1.82, 2.24) is 5.32 Å². The SMILES string of the molecule is COc1ccc(CCCNC(=O)[C@H](C)N(c2ccc(F)cc2)S(C)(=O)=O)cc1. The number of amides is 1. The molecule has 0 aliphatic carbocycles. The number of hydrogen-bond donors (Lipinski definition) is 1. The van der Waals surface area contributed by atoms with E-state index in [1.54, 1.807) is 7.11 Å². The van der Waals surface area contributed by atoms with E-state index in [9.17, 15) is 17.6 Å². The Morgan fingerprint density at radius 1 is 1.14 bits per heavy atom. The Bertz CT molecular complexity index is 883. The molecule has 2 rings (SSSR count). The van der Waals surface area contributed by atoms with E-state index in [2.05, 4.69) is 5.32 Å². The number of benzene rings is 2. The third-order valence-corrected chi connectivity index (χ3v) is 5.51. The van der Waals surface area contributed by atoms with Gasteiger partial charge in [-0.25, -0.2) is 12.8 Å². The molecule has 1 atom stereocenters. The molecule has 0 saturated heterocycles. The number of ether oxygens (including phenoxy) is 1. The molecule has 8 heteroatoms. The molecule has 0 fully saturated rings. The Morgan fingerprint density at radius 2 is 1.75 bits per heavy atom. The van der Waals surface area contributed by atoms with Crippen LogP contribution < -0.4 is 14.4 Å². The van der Waals surface area contributed by atoms with Gasteiger partial charge in [-0.15, -0.1) is 0 Å². The monoisotopic (exact) mass is 408 g/mol. The maximum Gasteiger partial charge on any atom is 0.243 e. The van der Waals surface area contributed by atoms with Crippen molar-refractivity contribution in [3.05, 3.63) is 59.9 Å². The van der Waals surface area contributed by atoms with Crippen LogP contribution in [-0.4, -0.2) is 40.3 Å². The first-order chi connectivity index (χ1) is 13.2. The highest BCUT2D eigenvalue weighted by atomic mass is 32.2.